The number of aryl methyl sites for hydroxylation is 1. The van der Waals surface area contributed by atoms with E-state index in [1.807, 2.05) is 0 Å². The molecule has 0 radical (unpaired) electrons. The van der Waals surface area contributed by atoms with Gasteiger partial charge in [0.05, 0.1) is 6.33 Å². The van der Waals surface area contributed by atoms with E-state index in [1.165, 1.54) is 41.9 Å². The van der Waals surface area contributed by atoms with E-state index >= 15 is 0 Å². The molecular weight excluding hydrogens is 348 g/mol. The molecule has 0 saturated carbocycles. The molecule has 12 nitrogen and oxygen atoms in total. The van der Waals surface area contributed by atoms with Gasteiger partial charge in [0.25, 0.3) is 11.5 Å². The molecule has 3 heterocycles. The molecule has 0 aromatic carbocycles. The second-order valence-electron chi connectivity index (χ2n) is 5.34. The lowest BCUT2D eigenvalue weighted by Gasteiger charge is -2.07. The summed E-state index contributed by atoms with van der Waals surface area (Å²) in [6, 6.07) is 1.43. The van der Waals surface area contributed by atoms with Crippen molar-refractivity contribution in [3.8, 4) is 0 Å². The van der Waals surface area contributed by atoms with Gasteiger partial charge in [0, 0.05) is 20.2 Å². The first kappa shape index (κ1) is 17.1. The minimum atomic E-state index is -0.754. The second-order valence-corrected chi connectivity index (χ2v) is 5.34. The highest BCUT2D eigenvalue weighted by Crippen LogP contribution is 2.06. The summed E-state index contributed by atoms with van der Waals surface area (Å²) in [5.74, 6) is -1.16. The first-order valence-corrected chi connectivity index (χ1v) is 7.35. The standard InChI is InChI=1S/C14H14N6O6/c1-18-12-11(13(23)19(2)14(18)24)20(7-15-12)5-10(22)25-6-9(21)16-8-3-4-26-17-8/h3-4,7H,5-6H2,1-2H3,(H,16,17,21). The summed E-state index contributed by atoms with van der Waals surface area (Å²) in [5.41, 5.74) is -0.884. The fourth-order valence-electron chi connectivity index (χ4n) is 2.30. The van der Waals surface area contributed by atoms with Crippen LogP contribution in [0.4, 0.5) is 5.82 Å². The van der Waals surface area contributed by atoms with Crippen molar-refractivity contribution in [2.24, 2.45) is 14.1 Å². The van der Waals surface area contributed by atoms with E-state index in [9.17, 15) is 19.2 Å². The Balaban J connectivity index is 1.71. The maximum atomic E-state index is 12.3. The largest absolute Gasteiger partial charge is 0.454 e. The van der Waals surface area contributed by atoms with Crippen LogP contribution in [0, 0.1) is 0 Å². The maximum absolute atomic E-state index is 12.3. The molecule has 0 spiro atoms. The van der Waals surface area contributed by atoms with Gasteiger partial charge in [-0.3, -0.25) is 23.5 Å². The number of carbonyl (C=O) groups is 2. The Hall–Kier alpha value is -3.70. The zero-order valence-corrected chi connectivity index (χ0v) is 13.8. The Morgan fingerprint density at radius 2 is 2.04 bits per heavy atom. The minimum absolute atomic E-state index is 0.0820. The summed E-state index contributed by atoms with van der Waals surface area (Å²) in [6.45, 7) is -0.879. The third-order valence-corrected chi connectivity index (χ3v) is 3.59. The van der Waals surface area contributed by atoms with Crippen molar-refractivity contribution in [1.82, 2.24) is 23.8 Å². The second kappa shape index (κ2) is 6.66. The number of fused-ring (bicyclic) bond motifs is 1. The maximum Gasteiger partial charge on any atom is 0.332 e. The number of amides is 1. The highest BCUT2D eigenvalue weighted by molar-refractivity contribution is 5.91. The van der Waals surface area contributed by atoms with Crippen molar-refractivity contribution in [3.63, 3.8) is 0 Å². The lowest BCUT2D eigenvalue weighted by Crippen LogP contribution is -2.37. The first-order valence-electron chi connectivity index (χ1n) is 7.35. The molecule has 0 atom stereocenters. The van der Waals surface area contributed by atoms with Crippen LogP contribution < -0.4 is 16.6 Å². The topological polar surface area (TPSA) is 143 Å². The van der Waals surface area contributed by atoms with Gasteiger partial charge in [-0.2, -0.15) is 0 Å². The summed E-state index contributed by atoms with van der Waals surface area (Å²) in [7, 11) is 2.79. The molecule has 0 aliphatic rings. The summed E-state index contributed by atoms with van der Waals surface area (Å²) < 4.78 is 12.8. The molecular formula is C14H14N6O6. The SMILES string of the molecule is Cn1c(=O)c2c(ncn2CC(=O)OCC(=O)Nc2ccon2)n(C)c1=O. The highest BCUT2D eigenvalue weighted by Gasteiger charge is 2.17. The molecule has 136 valence electrons. The van der Waals surface area contributed by atoms with E-state index in [-0.39, 0.29) is 23.5 Å². The van der Waals surface area contributed by atoms with Crippen LogP contribution in [0.15, 0.2) is 32.8 Å². The van der Waals surface area contributed by atoms with Gasteiger partial charge in [0.15, 0.2) is 23.6 Å². The predicted octanol–water partition coefficient (Wildman–Crippen LogP) is -1.40. The monoisotopic (exact) mass is 362 g/mol. The van der Waals surface area contributed by atoms with Gasteiger partial charge in [-0.25, -0.2) is 9.78 Å². The number of esters is 1. The number of nitrogens with one attached hydrogen (secondary N) is 1. The molecule has 3 aromatic rings. The average molecular weight is 362 g/mol. The van der Waals surface area contributed by atoms with Crippen LogP contribution in [-0.2, 0) is 35.0 Å². The molecule has 0 aliphatic heterocycles. The summed E-state index contributed by atoms with van der Waals surface area (Å²) in [4.78, 5) is 51.7. The normalized spacial score (nSPS) is 10.8. The van der Waals surface area contributed by atoms with Gasteiger partial charge in [-0.1, -0.05) is 5.16 Å². The van der Waals surface area contributed by atoms with Crippen LogP contribution in [0.25, 0.3) is 11.2 Å². The number of aromatic nitrogens is 5. The smallest absolute Gasteiger partial charge is 0.332 e. The van der Waals surface area contributed by atoms with E-state index in [2.05, 4.69) is 20.0 Å². The highest BCUT2D eigenvalue weighted by atomic mass is 16.5. The molecule has 0 fully saturated rings. The molecule has 1 N–H and O–H groups in total. The van der Waals surface area contributed by atoms with Crippen molar-refractivity contribution in [1.29, 1.82) is 0 Å². The fraction of sp³-hybridized carbons (Fsp3) is 0.286. The van der Waals surface area contributed by atoms with Crippen LogP contribution >= 0.6 is 0 Å². The van der Waals surface area contributed by atoms with Gasteiger partial charge in [-0.15, -0.1) is 0 Å². The molecule has 1 amide bonds. The quantitative estimate of drug-likeness (QED) is 0.546. The lowest BCUT2D eigenvalue weighted by atomic mass is 10.5. The van der Waals surface area contributed by atoms with E-state index in [0.29, 0.717) is 0 Å². The number of rotatable bonds is 5. The van der Waals surface area contributed by atoms with Crippen molar-refractivity contribution < 1.29 is 18.8 Å². The van der Waals surface area contributed by atoms with Gasteiger partial charge in [-0.05, 0) is 0 Å². The number of hydrogen-bond acceptors (Lipinski definition) is 8. The summed E-state index contributed by atoms with van der Waals surface area (Å²) in [6.07, 6.45) is 2.53. The number of hydrogen-bond donors (Lipinski definition) is 1. The Bertz CT molecular complexity index is 1090. The summed E-state index contributed by atoms with van der Waals surface area (Å²) in [5, 5.41) is 5.85. The van der Waals surface area contributed by atoms with Crippen molar-refractivity contribution in [2.45, 2.75) is 6.54 Å². The van der Waals surface area contributed by atoms with Crippen molar-refractivity contribution in [3.05, 3.63) is 39.5 Å². The van der Waals surface area contributed by atoms with Crippen LogP contribution in [0.2, 0.25) is 0 Å². The minimum Gasteiger partial charge on any atom is -0.454 e. The van der Waals surface area contributed by atoms with Crippen LogP contribution in [0.1, 0.15) is 0 Å². The van der Waals surface area contributed by atoms with Crippen LogP contribution in [-0.4, -0.2) is 42.3 Å². The van der Waals surface area contributed by atoms with Crippen molar-refractivity contribution in [2.75, 3.05) is 11.9 Å². The van der Waals surface area contributed by atoms with Crippen LogP contribution in [0.5, 0.6) is 0 Å². The number of anilines is 1. The van der Waals surface area contributed by atoms with E-state index in [1.54, 1.807) is 0 Å². The number of imidazole rings is 1. The van der Waals surface area contributed by atoms with Crippen LogP contribution in [0.3, 0.4) is 0 Å². The number of nitrogens with zero attached hydrogens (tertiary/aromatic N) is 5. The van der Waals surface area contributed by atoms with Gasteiger partial charge in [0.2, 0.25) is 0 Å². The van der Waals surface area contributed by atoms with Gasteiger partial charge < -0.3 is 19.1 Å². The third kappa shape index (κ3) is 3.11. The van der Waals surface area contributed by atoms with Crippen molar-refractivity contribution >= 4 is 28.9 Å². The third-order valence-electron chi connectivity index (χ3n) is 3.59. The zero-order chi connectivity index (χ0) is 18.8. The molecule has 3 rings (SSSR count). The molecule has 0 unspecified atom stereocenters. The fourth-order valence-corrected chi connectivity index (χ4v) is 2.30. The summed E-state index contributed by atoms with van der Waals surface area (Å²) >= 11 is 0. The first-order chi connectivity index (χ1) is 12.4. The number of ether oxygens (including phenoxy) is 1. The van der Waals surface area contributed by atoms with Gasteiger partial charge >= 0.3 is 11.7 Å². The zero-order valence-electron chi connectivity index (χ0n) is 13.8. The molecule has 0 saturated heterocycles. The molecule has 12 heteroatoms. The molecule has 3 aromatic heterocycles. The molecule has 26 heavy (non-hydrogen) atoms. The Labute approximate surface area is 144 Å². The molecule has 0 bridgehead atoms. The number of carbonyl (C=O) groups excluding carboxylic acids is 2. The Morgan fingerprint density at radius 1 is 1.27 bits per heavy atom. The molecule has 0 aliphatic carbocycles. The lowest BCUT2D eigenvalue weighted by molar-refractivity contribution is -0.147. The average Bonchev–Trinajstić information content (AvgIpc) is 3.26. The Kier molecular flexibility index (Phi) is 4.39. The Morgan fingerprint density at radius 3 is 2.73 bits per heavy atom. The van der Waals surface area contributed by atoms with E-state index in [0.717, 1.165) is 4.57 Å². The van der Waals surface area contributed by atoms with E-state index < -0.39 is 29.7 Å². The predicted molar refractivity (Wildman–Crippen MR) is 86.3 cm³/mol. The van der Waals surface area contributed by atoms with Gasteiger partial charge in [0.1, 0.15) is 12.8 Å². The van der Waals surface area contributed by atoms with E-state index in [4.69, 9.17) is 4.74 Å².